The Bertz CT molecular complexity index is 3.61. The van der Waals surface area contributed by atoms with Crippen molar-refractivity contribution in [2.45, 2.75) is 0 Å². The Balaban J connectivity index is 0. The summed E-state index contributed by atoms with van der Waals surface area (Å²) in [5, 5.41) is 0. The van der Waals surface area contributed by atoms with Crippen LogP contribution in [-0.2, 0) is 68.3 Å². The van der Waals surface area contributed by atoms with E-state index < -0.39 is 0 Å². The Morgan fingerprint density at radius 2 is 0.400 bits per heavy atom. The van der Waals surface area contributed by atoms with Gasteiger partial charge in [0.1, 0.15) is 0 Å². The first-order chi connectivity index (χ1) is 0. The van der Waals surface area contributed by atoms with Crippen LogP contribution in [0.3, 0.4) is 0 Å². The van der Waals surface area contributed by atoms with Gasteiger partial charge in [-0.2, -0.15) is 0 Å². The predicted octanol–water partition coefficient (Wildman–Crippen LogP) is -1.19. The van der Waals surface area contributed by atoms with Gasteiger partial charge in [0.05, 0.1) is 0 Å². The first kappa shape index (κ1) is 48.8. The Labute approximate surface area is 84.6 Å². The summed E-state index contributed by atoms with van der Waals surface area (Å²) in [7, 11) is 0. The zero-order chi connectivity index (χ0) is 0. The van der Waals surface area contributed by atoms with Crippen molar-refractivity contribution in [1.82, 2.24) is 0 Å². The number of hydrogen-bond acceptors (Lipinski definition) is 0. The van der Waals surface area contributed by atoms with Gasteiger partial charge < -0.3 is 0 Å². The average molecular weight is 250 g/mol. The second-order valence-electron chi connectivity index (χ2n) is 0. The third kappa shape index (κ3) is 20.6. The topological polar surface area (TPSA) is 0 Å². The smallest absolute Gasteiger partial charge is 0 e. The minimum atomic E-state index is 0. The first-order valence-electron chi connectivity index (χ1n) is 0. The van der Waals surface area contributed by atoms with Gasteiger partial charge in [0, 0.05) is 68.3 Å². The van der Waals surface area contributed by atoms with Gasteiger partial charge in [-0.3, -0.25) is 0 Å². The molecule has 0 N–H and O–H groups in total. The van der Waals surface area contributed by atoms with E-state index in [1.54, 1.807) is 0 Å². The molecule has 0 aromatic heterocycles. The Morgan fingerprint density at radius 3 is 0.400 bits per heavy atom. The summed E-state index contributed by atoms with van der Waals surface area (Å²) in [6.45, 7) is 0. The third-order valence-electron chi connectivity index (χ3n) is 0. The van der Waals surface area contributed by atoms with Crippen LogP contribution in [0.5, 0.6) is 0 Å². The molecule has 0 spiro atoms. The molecule has 4 radical (unpaired) electrons. The molecule has 34 valence electrons. The Hall–Kier alpha value is 2.61. The van der Waals surface area contributed by atoms with Crippen molar-refractivity contribution in [1.29, 1.82) is 0 Å². The minimum absolute atomic E-state index is 0. The van der Waals surface area contributed by atoms with Gasteiger partial charge in [-0.25, -0.2) is 0 Å². The fourth-order valence-electron chi connectivity index (χ4n) is 0. The van der Waals surface area contributed by atoms with Crippen LogP contribution in [-0.4, -0.2) is 17.4 Å². The molecule has 0 fully saturated rings. The summed E-state index contributed by atoms with van der Waals surface area (Å²) in [4.78, 5) is 0. The van der Waals surface area contributed by atoms with Crippen molar-refractivity contribution < 1.29 is 68.3 Å². The van der Waals surface area contributed by atoms with Gasteiger partial charge in [0.25, 0.3) is 0 Å². The number of hydrogen-bond donors (Lipinski definition) is 0. The van der Waals surface area contributed by atoms with Gasteiger partial charge >= 0.3 is 0 Å². The molecule has 0 saturated carbocycles. The molecular weight excluding hydrogens is 247 g/mol. The van der Waals surface area contributed by atoms with Crippen molar-refractivity contribution in [2.24, 2.45) is 0 Å². The maximum absolute atomic E-state index is 0. The van der Waals surface area contributed by atoms with E-state index in [0.717, 1.165) is 0 Å². The Kier molecular flexibility index (Phi) is 298. The van der Waals surface area contributed by atoms with E-state index >= 15 is 0 Å². The molecule has 0 heterocycles. The fourth-order valence-corrected chi connectivity index (χ4v) is 0. The zero-order valence-electron chi connectivity index (χ0n) is 1.51. The van der Waals surface area contributed by atoms with Crippen LogP contribution in [0.25, 0.3) is 0 Å². The van der Waals surface area contributed by atoms with Crippen molar-refractivity contribution in [3.8, 4) is 0 Å². The standard InChI is InChI=1S/Al.4Mn.3H. The van der Waals surface area contributed by atoms with Gasteiger partial charge in [-0.15, -0.1) is 0 Å². The van der Waals surface area contributed by atoms with Crippen molar-refractivity contribution >= 4 is 17.4 Å². The van der Waals surface area contributed by atoms with Gasteiger partial charge in [-0.1, -0.05) is 0 Å². The molecule has 0 aromatic carbocycles. The zero-order valence-corrected chi connectivity index (χ0v) is 6.23. The monoisotopic (exact) mass is 250 g/mol. The molecule has 5 heteroatoms. The van der Waals surface area contributed by atoms with Gasteiger partial charge in [0.15, 0.2) is 17.4 Å². The average Bonchev–Trinajstić information content (AvgIpc) is 0. The summed E-state index contributed by atoms with van der Waals surface area (Å²) in [5.41, 5.74) is 0. The molecule has 0 aliphatic rings. The summed E-state index contributed by atoms with van der Waals surface area (Å²) >= 11 is 0. The molecule has 0 aliphatic heterocycles. The minimum Gasteiger partial charge on any atom is 0 e. The van der Waals surface area contributed by atoms with Crippen LogP contribution in [0.2, 0.25) is 0 Å². The normalized spacial score (nSPS) is 0. The summed E-state index contributed by atoms with van der Waals surface area (Å²) < 4.78 is 0. The molecule has 5 heavy (non-hydrogen) atoms. The molecule has 0 nitrogen and oxygen atoms in total. The molecule has 0 bridgehead atoms. The molecule has 0 aliphatic carbocycles. The van der Waals surface area contributed by atoms with Crippen molar-refractivity contribution in [3.63, 3.8) is 0 Å². The number of rotatable bonds is 0. The maximum atomic E-state index is 0. The van der Waals surface area contributed by atoms with E-state index in [-0.39, 0.29) is 85.6 Å². The summed E-state index contributed by atoms with van der Waals surface area (Å²) in [6, 6.07) is 0. The van der Waals surface area contributed by atoms with Crippen LogP contribution in [0, 0.1) is 0 Å². The fraction of sp³-hybridized carbons (Fsp3) is 0. The second-order valence-corrected chi connectivity index (χ2v) is 0. The van der Waals surface area contributed by atoms with E-state index in [1.165, 1.54) is 0 Å². The molecular formula is H3AlMn4. The molecule has 0 unspecified atom stereocenters. The van der Waals surface area contributed by atoms with E-state index in [1.807, 2.05) is 0 Å². The largest absolute Gasteiger partial charge is 0.187 e. The first-order valence-corrected chi connectivity index (χ1v) is 0. The van der Waals surface area contributed by atoms with Gasteiger partial charge in [-0.05, 0) is 0 Å². The summed E-state index contributed by atoms with van der Waals surface area (Å²) in [5.74, 6) is 0. The van der Waals surface area contributed by atoms with Crippen molar-refractivity contribution in [3.05, 3.63) is 0 Å². The molecule has 0 saturated heterocycles. The summed E-state index contributed by atoms with van der Waals surface area (Å²) in [6.07, 6.45) is 0. The molecule has 0 amide bonds. The Morgan fingerprint density at radius 1 is 0.400 bits per heavy atom. The van der Waals surface area contributed by atoms with Crippen LogP contribution >= 0.6 is 0 Å². The van der Waals surface area contributed by atoms with Gasteiger partial charge in [0.2, 0.25) is 0 Å². The second kappa shape index (κ2) is 30.5. The SMILES string of the molecule is [AlH3].[Mn].[Mn].[Mn].[Mn]. The van der Waals surface area contributed by atoms with Crippen LogP contribution < -0.4 is 0 Å². The van der Waals surface area contributed by atoms with Crippen LogP contribution in [0.15, 0.2) is 0 Å². The van der Waals surface area contributed by atoms with Crippen molar-refractivity contribution in [2.75, 3.05) is 0 Å². The van der Waals surface area contributed by atoms with E-state index in [9.17, 15) is 0 Å². The molecule has 0 rings (SSSR count). The molecule has 0 aromatic rings. The predicted molar refractivity (Wildman–Crippen MR) is 9.94 cm³/mol. The quantitative estimate of drug-likeness (QED) is 0.474. The maximum Gasteiger partial charge on any atom is 0.187 e. The molecule has 0 atom stereocenters. The van der Waals surface area contributed by atoms with E-state index in [4.69, 9.17) is 0 Å². The van der Waals surface area contributed by atoms with E-state index in [0.29, 0.717) is 0 Å². The van der Waals surface area contributed by atoms with E-state index in [2.05, 4.69) is 0 Å². The van der Waals surface area contributed by atoms with Crippen LogP contribution in [0.1, 0.15) is 0 Å². The van der Waals surface area contributed by atoms with Crippen LogP contribution in [0.4, 0.5) is 0 Å². The third-order valence-corrected chi connectivity index (χ3v) is 0.